The highest BCUT2D eigenvalue weighted by Gasteiger charge is 2.34. The van der Waals surface area contributed by atoms with Crippen LogP contribution >= 0.6 is 0 Å². The van der Waals surface area contributed by atoms with E-state index >= 15 is 0 Å². The van der Waals surface area contributed by atoms with Crippen molar-refractivity contribution >= 4 is 46.3 Å². The second-order valence-electron chi connectivity index (χ2n) is 15.6. The van der Waals surface area contributed by atoms with Crippen LogP contribution in [0.5, 0.6) is 11.5 Å². The highest BCUT2D eigenvalue weighted by molar-refractivity contribution is 5.99. The molecule has 0 unspecified atom stereocenters. The zero-order valence-electron chi connectivity index (χ0n) is 34.2. The summed E-state index contributed by atoms with van der Waals surface area (Å²) >= 11 is 0. The molecule has 314 valence electrons. The molecule has 1 saturated heterocycles. The first kappa shape index (κ1) is 43.7. The van der Waals surface area contributed by atoms with Gasteiger partial charge >= 0.3 is 0 Å². The van der Waals surface area contributed by atoms with Crippen molar-refractivity contribution < 1.29 is 38.6 Å². The number of benzene rings is 2. The molecule has 0 saturated carbocycles. The van der Waals surface area contributed by atoms with Crippen LogP contribution in [0.1, 0.15) is 62.7 Å². The van der Waals surface area contributed by atoms with Crippen LogP contribution in [0.15, 0.2) is 73.1 Å². The largest absolute Gasteiger partial charge is 0.505 e. The predicted molar refractivity (Wildman–Crippen MR) is 220 cm³/mol. The van der Waals surface area contributed by atoms with Crippen LogP contribution < -0.4 is 31.3 Å². The zero-order chi connectivity index (χ0) is 42.8. The molecule has 6 amide bonds. The molecule has 0 spiro atoms. The molecule has 0 aliphatic carbocycles. The Kier molecular flexibility index (Phi) is 14.7. The summed E-state index contributed by atoms with van der Waals surface area (Å²) in [4.78, 5) is 92.7. The van der Waals surface area contributed by atoms with Crippen molar-refractivity contribution in [2.45, 2.75) is 84.1 Å². The summed E-state index contributed by atoms with van der Waals surface area (Å²) in [7, 11) is 1.53. The van der Waals surface area contributed by atoms with E-state index < -0.39 is 77.9 Å². The first-order valence-electron chi connectivity index (χ1n) is 19.8. The van der Waals surface area contributed by atoms with E-state index in [0.29, 0.717) is 16.9 Å². The number of carbonyl (C=O) groups is 6. The number of fused-ring (bicyclic) bond motifs is 1. The Balaban J connectivity index is 1.56. The smallest absolute Gasteiger partial charge is 0.276 e. The lowest BCUT2D eigenvalue weighted by molar-refractivity contribution is -0.135. The van der Waals surface area contributed by atoms with Crippen LogP contribution in [0.2, 0.25) is 0 Å². The molecule has 2 aromatic carbocycles. The molecule has 5 atom stereocenters. The van der Waals surface area contributed by atoms with E-state index in [2.05, 4.69) is 36.6 Å². The van der Waals surface area contributed by atoms with Gasteiger partial charge in [-0.2, -0.15) is 0 Å². The maximum Gasteiger partial charge on any atom is 0.276 e. The van der Waals surface area contributed by atoms with E-state index in [0.717, 1.165) is 15.8 Å². The Morgan fingerprint density at radius 1 is 0.814 bits per heavy atom. The molecular weight excluding hydrogens is 757 g/mol. The van der Waals surface area contributed by atoms with Gasteiger partial charge in [0.1, 0.15) is 35.7 Å². The zero-order valence-corrected chi connectivity index (χ0v) is 34.2. The number of H-pyrrole nitrogens is 1. The third kappa shape index (κ3) is 11.6. The molecule has 0 radical (unpaired) electrons. The number of hydrogen-bond acceptors (Lipinski definition) is 9. The maximum absolute atomic E-state index is 14.4. The van der Waals surface area contributed by atoms with E-state index in [1.165, 1.54) is 32.4 Å². The number of hydrogen-bond donors (Lipinski definition) is 7. The van der Waals surface area contributed by atoms with E-state index in [-0.39, 0.29) is 43.3 Å². The van der Waals surface area contributed by atoms with Crippen LogP contribution in [-0.2, 0) is 36.8 Å². The van der Waals surface area contributed by atoms with Gasteiger partial charge in [-0.3, -0.25) is 28.8 Å². The number of aromatic amines is 1. The van der Waals surface area contributed by atoms with Crippen LogP contribution in [-0.4, -0.2) is 106 Å². The van der Waals surface area contributed by atoms with Crippen molar-refractivity contribution in [3.05, 3.63) is 89.9 Å². The molecule has 16 nitrogen and oxygen atoms in total. The second kappa shape index (κ2) is 19.8. The number of pyridine rings is 1. The Morgan fingerprint density at radius 3 is 2.15 bits per heavy atom. The summed E-state index contributed by atoms with van der Waals surface area (Å²) in [6, 6.07) is 11.8. The minimum atomic E-state index is -1.23. The normalized spacial score (nSPS) is 21.5. The first-order chi connectivity index (χ1) is 28.1. The van der Waals surface area contributed by atoms with Gasteiger partial charge in [-0.15, -0.1) is 0 Å². The fraction of sp³-hybridized carbons (Fsp3) is 0.419. The fourth-order valence-corrected chi connectivity index (χ4v) is 6.88. The highest BCUT2D eigenvalue weighted by Crippen LogP contribution is 2.21. The quantitative estimate of drug-likeness (QED) is 0.132. The summed E-state index contributed by atoms with van der Waals surface area (Å²) in [6.45, 7) is 8.11. The van der Waals surface area contributed by atoms with E-state index in [1.54, 1.807) is 30.5 Å². The summed E-state index contributed by atoms with van der Waals surface area (Å²) in [5.74, 6) is -4.20. The standard InChI is InChI=1S/C43H54N8O8/c1-24(2)18-32-41(56)49-33(19-27-13-15-29(59-6)16-14-27)40(55)46-26(5)39(54)50-35(25(3)4)22-51(43(58)38-36(52)12-9-17-44-38)23-37(53)47-34(42(57)48-32)20-28-21-45-31-11-8-7-10-30(28)31/h7-17,21,24-26,32-35,45,52H,18-20,22-23H2,1-6H3,(H,46,55)(H,47,53)(H,48,57)(H,49,56)(H,50,54)/t26-,32+,33+,34-,35-/m1/s1. The summed E-state index contributed by atoms with van der Waals surface area (Å²) in [5.41, 5.74) is 1.92. The van der Waals surface area contributed by atoms with Gasteiger partial charge in [0.25, 0.3) is 5.91 Å². The monoisotopic (exact) mass is 810 g/mol. The number of aromatic hydroxyl groups is 1. The van der Waals surface area contributed by atoms with Crippen LogP contribution in [0.4, 0.5) is 0 Å². The number of rotatable bonds is 9. The van der Waals surface area contributed by atoms with Gasteiger partial charge in [0, 0.05) is 48.7 Å². The Morgan fingerprint density at radius 2 is 1.47 bits per heavy atom. The molecule has 16 heteroatoms. The van der Waals surface area contributed by atoms with E-state index in [9.17, 15) is 33.9 Å². The molecule has 59 heavy (non-hydrogen) atoms. The molecule has 5 rings (SSSR count). The van der Waals surface area contributed by atoms with Gasteiger partial charge in [-0.1, -0.05) is 58.0 Å². The van der Waals surface area contributed by atoms with Gasteiger partial charge in [0.05, 0.1) is 13.7 Å². The van der Waals surface area contributed by atoms with Crippen LogP contribution in [0.3, 0.4) is 0 Å². The van der Waals surface area contributed by atoms with E-state index in [1.807, 2.05) is 52.0 Å². The van der Waals surface area contributed by atoms with Gasteiger partial charge in [-0.05, 0) is 66.6 Å². The number of amides is 6. The number of nitrogens with one attached hydrogen (secondary N) is 6. The first-order valence-corrected chi connectivity index (χ1v) is 19.8. The second-order valence-corrected chi connectivity index (χ2v) is 15.6. The lowest BCUT2D eigenvalue weighted by Crippen LogP contribution is -2.60. The van der Waals surface area contributed by atoms with Gasteiger partial charge in [0.15, 0.2) is 5.69 Å². The average molecular weight is 811 g/mol. The number of ether oxygens (including phenoxy) is 1. The Hall–Kier alpha value is -6.45. The fourth-order valence-electron chi connectivity index (χ4n) is 6.88. The van der Waals surface area contributed by atoms with Crippen molar-refractivity contribution in [2.75, 3.05) is 20.2 Å². The number of nitrogens with zero attached hydrogens (tertiary/aromatic N) is 2. The lowest BCUT2D eigenvalue weighted by Gasteiger charge is -2.32. The number of para-hydroxylation sites is 1. The molecule has 0 bridgehead atoms. The molecular formula is C43H54N8O8. The minimum absolute atomic E-state index is 0.0116. The summed E-state index contributed by atoms with van der Waals surface area (Å²) < 4.78 is 5.28. The van der Waals surface area contributed by atoms with Gasteiger partial charge in [-0.25, -0.2) is 4.98 Å². The van der Waals surface area contributed by atoms with Crippen molar-refractivity contribution in [3.8, 4) is 11.5 Å². The lowest BCUT2D eigenvalue weighted by atomic mass is 9.99. The number of aromatic nitrogens is 2. The maximum atomic E-state index is 14.4. The summed E-state index contributed by atoms with van der Waals surface area (Å²) in [6.07, 6.45) is 3.32. The van der Waals surface area contributed by atoms with Crippen molar-refractivity contribution in [1.82, 2.24) is 41.5 Å². The van der Waals surface area contributed by atoms with Crippen molar-refractivity contribution in [1.29, 1.82) is 0 Å². The molecule has 2 aromatic heterocycles. The third-order valence-electron chi connectivity index (χ3n) is 10.2. The minimum Gasteiger partial charge on any atom is -0.505 e. The molecule has 4 aromatic rings. The highest BCUT2D eigenvalue weighted by atomic mass is 16.5. The molecule has 7 N–H and O–H groups in total. The molecule has 1 fully saturated rings. The van der Waals surface area contributed by atoms with Gasteiger partial charge in [0.2, 0.25) is 29.5 Å². The molecule has 3 heterocycles. The van der Waals surface area contributed by atoms with Gasteiger partial charge < -0.3 is 46.3 Å². The number of methoxy groups -OCH3 is 1. The molecule has 1 aliphatic rings. The van der Waals surface area contributed by atoms with Crippen LogP contribution in [0.25, 0.3) is 10.9 Å². The van der Waals surface area contributed by atoms with Crippen LogP contribution in [0, 0.1) is 11.8 Å². The van der Waals surface area contributed by atoms with Crippen molar-refractivity contribution in [2.24, 2.45) is 11.8 Å². The topological polar surface area (TPSA) is 224 Å². The number of carbonyl (C=O) groups excluding carboxylic acids is 6. The average Bonchev–Trinajstić information content (AvgIpc) is 3.61. The third-order valence-corrected chi connectivity index (χ3v) is 10.2. The Labute approximate surface area is 343 Å². The Bertz CT molecular complexity index is 2130. The summed E-state index contributed by atoms with van der Waals surface area (Å²) in [5, 5.41) is 25.5. The van der Waals surface area contributed by atoms with E-state index in [4.69, 9.17) is 4.74 Å². The SMILES string of the molecule is COc1ccc(C[C@@H]2NC(=O)[C@H](CC(C)C)NC(=O)[C@@H](Cc3c[nH]c4ccccc34)NC(=O)CN(C(=O)c3ncccc3O)C[C@H](C(C)C)NC(=O)[C@@H](C)NC2=O)cc1. The van der Waals surface area contributed by atoms with Crippen molar-refractivity contribution in [3.63, 3.8) is 0 Å². The molecule has 1 aliphatic heterocycles. The predicted octanol–water partition coefficient (Wildman–Crippen LogP) is 2.36.